The van der Waals surface area contributed by atoms with Gasteiger partial charge in [-0.3, -0.25) is 9.59 Å². The van der Waals surface area contributed by atoms with Crippen LogP contribution in [0.5, 0.6) is 5.75 Å². The minimum absolute atomic E-state index is 0.00629. The van der Waals surface area contributed by atoms with Crippen molar-refractivity contribution in [1.29, 1.82) is 0 Å². The summed E-state index contributed by atoms with van der Waals surface area (Å²) in [7, 11) is 0. The van der Waals surface area contributed by atoms with Gasteiger partial charge < -0.3 is 19.7 Å². The Kier molecular flexibility index (Phi) is 7.56. The summed E-state index contributed by atoms with van der Waals surface area (Å²) in [6.45, 7) is 2.50. The largest absolute Gasteiger partial charge is 0.491 e. The average molecular weight is 435 g/mol. The molecule has 2 aliphatic heterocycles. The molecule has 0 saturated carbocycles. The van der Waals surface area contributed by atoms with Crippen LogP contribution in [0.25, 0.3) is 6.08 Å². The zero-order valence-electron chi connectivity index (χ0n) is 18.2. The van der Waals surface area contributed by atoms with Crippen LogP contribution in [0.3, 0.4) is 0 Å². The van der Waals surface area contributed by atoms with E-state index in [1.54, 1.807) is 6.08 Å². The number of carbonyl (C=O) groups is 2. The fourth-order valence-electron chi connectivity index (χ4n) is 4.07. The smallest absolute Gasteiger partial charge is 0.246 e. The second kappa shape index (κ2) is 11.0. The minimum Gasteiger partial charge on any atom is -0.491 e. The van der Waals surface area contributed by atoms with Gasteiger partial charge in [0.05, 0.1) is 6.10 Å². The third-order valence-corrected chi connectivity index (χ3v) is 5.96. The van der Waals surface area contributed by atoms with Gasteiger partial charge in [0, 0.05) is 43.4 Å². The summed E-state index contributed by atoms with van der Waals surface area (Å²) in [4.78, 5) is 27.0. The molecule has 0 bridgehead atoms. The van der Waals surface area contributed by atoms with Crippen LogP contribution >= 0.6 is 0 Å². The van der Waals surface area contributed by atoms with E-state index in [-0.39, 0.29) is 23.8 Å². The predicted molar refractivity (Wildman–Crippen MR) is 124 cm³/mol. The molecule has 2 saturated heterocycles. The van der Waals surface area contributed by atoms with Gasteiger partial charge >= 0.3 is 0 Å². The summed E-state index contributed by atoms with van der Waals surface area (Å²) in [5.74, 6) is 0.606. The molecule has 2 aliphatic rings. The van der Waals surface area contributed by atoms with E-state index in [1.807, 2.05) is 65.6 Å². The van der Waals surface area contributed by atoms with E-state index in [9.17, 15) is 9.59 Å². The number of piperidine rings is 1. The Bertz CT molecular complexity index is 930. The molecule has 6 heteroatoms. The van der Waals surface area contributed by atoms with Crippen molar-refractivity contribution < 1.29 is 19.1 Å². The molecule has 1 unspecified atom stereocenters. The highest BCUT2D eigenvalue weighted by atomic mass is 16.5. The lowest BCUT2D eigenvalue weighted by Crippen LogP contribution is -2.40. The topological polar surface area (TPSA) is 67.9 Å². The quantitative estimate of drug-likeness (QED) is 0.666. The van der Waals surface area contributed by atoms with E-state index in [1.165, 1.54) is 0 Å². The first-order valence-electron chi connectivity index (χ1n) is 11.3. The zero-order valence-corrected chi connectivity index (χ0v) is 18.2. The predicted octanol–water partition coefficient (Wildman–Crippen LogP) is 4.13. The number of likely N-dealkylation sites (tertiary alicyclic amines) is 1. The van der Waals surface area contributed by atoms with Crippen LogP contribution in [-0.2, 0) is 14.3 Å². The van der Waals surface area contributed by atoms with Gasteiger partial charge in [-0.25, -0.2) is 0 Å². The third kappa shape index (κ3) is 6.20. The van der Waals surface area contributed by atoms with Gasteiger partial charge in [-0.05, 0) is 49.5 Å². The van der Waals surface area contributed by atoms with Crippen LogP contribution in [0.2, 0.25) is 0 Å². The van der Waals surface area contributed by atoms with Crippen molar-refractivity contribution >= 4 is 23.6 Å². The lowest BCUT2D eigenvalue weighted by atomic mass is 9.95. The first-order chi connectivity index (χ1) is 15.7. The summed E-state index contributed by atoms with van der Waals surface area (Å²) in [6.07, 6.45) is 7.02. The number of benzene rings is 2. The van der Waals surface area contributed by atoms with Crippen molar-refractivity contribution in [3.63, 3.8) is 0 Å². The third-order valence-electron chi connectivity index (χ3n) is 5.96. The van der Waals surface area contributed by atoms with Crippen molar-refractivity contribution in [2.45, 2.75) is 31.8 Å². The molecule has 2 fully saturated rings. The second-order valence-corrected chi connectivity index (χ2v) is 8.31. The number of rotatable bonds is 7. The van der Waals surface area contributed by atoms with Gasteiger partial charge in [0.15, 0.2) is 0 Å². The van der Waals surface area contributed by atoms with Gasteiger partial charge in [0.1, 0.15) is 12.4 Å². The fraction of sp³-hybridized carbons (Fsp3) is 0.385. The van der Waals surface area contributed by atoms with E-state index in [4.69, 9.17) is 9.47 Å². The standard InChI is InChI=1S/C26H30N2O4/c29-25(12-11-20-6-2-1-3-7-20)28-15-13-21(14-16-28)26(30)27-22-8-4-9-23(18-22)32-19-24-10-5-17-31-24/h1-4,6-9,11-12,18,21,24H,5,10,13-17,19H2,(H,27,30)/b12-11+. The van der Waals surface area contributed by atoms with Gasteiger partial charge in [-0.2, -0.15) is 0 Å². The van der Waals surface area contributed by atoms with Crippen LogP contribution < -0.4 is 10.1 Å². The molecule has 2 aromatic carbocycles. The molecule has 1 N–H and O–H groups in total. The number of anilines is 1. The Labute approximate surface area is 189 Å². The van der Waals surface area contributed by atoms with Gasteiger partial charge in [0.2, 0.25) is 11.8 Å². The summed E-state index contributed by atoms with van der Waals surface area (Å²) < 4.78 is 11.4. The first kappa shape index (κ1) is 22.1. The van der Waals surface area contributed by atoms with E-state index < -0.39 is 0 Å². The number of carbonyl (C=O) groups excluding carboxylic acids is 2. The van der Waals surface area contributed by atoms with E-state index >= 15 is 0 Å². The number of nitrogens with one attached hydrogen (secondary N) is 1. The number of amides is 2. The molecular formula is C26H30N2O4. The zero-order chi connectivity index (χ0) is 22.2. The van der Waals surface area contributed by atoms with E-state index in [0.717, 1.165) is 36.4 Å². The van der Waals surface area contributed by atoms with Crippen LogP contribution in [0.15, 0.2) is 60.7 Å². The second-order valence-electron chi connectivity index (χ2n) is 8.31. The van der Waals surface area contributed by atoms with E-state index in [0.29, 0.717) is 32.5 Å². The molecule has 32 heavy (non-hydrogen) atoms. The lowest BCUT2D eigenvalue weighted by molar-refractivity contribution is -0.130. The Morgan fingerprint density at radius 2 is 1.88 bits per heavy atom. The van der Waals surface area contributed by atoms with Gasteiger partial charge in [-0.15, -0.1) is 0 Å². The normalized spacial score (nSPS) is 19.2. The molecule has 0 aliphatic carbocycles. The maximum Gasteiger partial charge on any atom is 0.246 e. The van der Waals surface area contributed by atoms with Crippen LogP contribution in [0, 0.1) is 5.92 Å². The monoisotopic (exact) mass is 434 g/mol. The van der Waals surface area contributed by atoms with Crippen LogP contribution in [0.1, 0.15) is 31.2 Å². The minimum atomic E-state index is -0.103. The molecule has 2 amide bonds. The molecule has 0 radical (unpaired) electrons. The Hall–Kier alpha value is -3.12. The Morgan fingerprint density at radius 1 is 1.06 bits per heavy atom. The molecular weight excluding hydrogens is 404 g/mol. The number of ether oxygens (including phenoxy) is 2. The first-order valence-corrected chi connectivity index (χ1v) is 11.3. The van der Waals surface area contributed by atoms with Crippen molar-refractivity contribution in [3.05, 3.63) is 66.2 Å². The molecule has 0 aromatic heterocycles. The fourth-order valence-corrected chi connectivity index (χ4v) is 4.07. The molecule has 2 aromatic rings. The molecule has 6 nitrogen and oxygen atoms in total. The van der Waals surface area contributed by atoms with Crippen molar-refractivity contribution in [2.24, 2.45) is 5.92 Å². The Morgan fingerprint density at radius 3 is 2.62 bits per heavy atom. The average Bonchev–Trinajstić information content (AvgIpc) is 3.36. The van der Waals surface area contributed by atoms with Crippen molar-refractivity contribution in [2.75, 3.05) is 31.6 Å². The Balaban J connectivity index is 1.23. The summed E-state index contributed by atoms with van der Waals surface area (Å²) in [5, 5.41) is 3.00. The molecule has 2 heterocycles. The summed E-state index contributed by atoms with van der Waals surface area (Å²) >= 11 is 0. The van der Waals surface area contributed by atoms with Crippen LogP contribution in [0.4, 0.5) is 5.69 Å². The van der Waals surface area contributed by atoms with Gasteiger partial charge in [0.25, 0.3) is 0 Å². The number of nitrogens with zero attached hydrogens (tertiary/aromatic N) is 1. The lowest BCUT2D eigenvalue weighted by Gasteiger charge is -2.30. The molecule has 0 spiro atoms. The molecule has 4 rings (SSSR count). The summed E-state index contributed by atoms with van der Waals surface area (Å²) in [6, 6.07) is 17.2. The van der Waals surface area contributed by atoms with Crippen molar-refractivity contribution in [3.8, 4) is 5.75 Å². The highest BCUT2D eigenvalue weighted by molar-refractivity contribution is 5.94. The molecule has 168 valence electrons. The number of hydrogen-bond acceptors (Lipinski definition) is 4. The SMILES string of the molecule is O=C(Nc1cccc(OCC2CCCO2)c1)C1CCN(C(=O)/C=C/c2ccccc2)CC1. The van der Waals surface area contributed by atoms with E-state index in [2.05, 4.69) is 5.32 Å². The summed E-state index contributed by atoms with van der Waals surface area (Å²) in [5.41, 5.74) is 1.72. The maximum atomic E-state index is 12.7. The maximum absolute atomic E-state index is 12.7. The van der Waals surface area contributed by atoms with Crippen molar-refractivity contribution in [1.82, 2.24) is 4.90 Å². The number of hydrogen-bond donors (Lipinski definition) is 1. The van der Waals surface area contributed by atoms with Gasteiger partial charge in [-0.1, -0.05) is 36.4 Å². The molecule has 1 atom stereocenters. The van der Waals surface area contributed by atoms with Crippen LogP contribution in [-0.4, -0.2) is 49.1 Å². The highest BCUT2D eigenvalue weighted by Gasteiger charge is 2.26. The highest BCUT2D eigenvalue weighted by Crippen LogP contribution is 2.23.